The van der Waals surface area contributed by atoms with E-state index in [1.54, 1.807) is 0 Å². The van der Waals surface area contributed by atoms with Gasteiger partial charge in [0.2, 0.25) is 5.91 Å². The lowest BCUT2D eigenvalue weighted by Gasteiger charge is -2.16. The van der Waals surface area contributed by atoms with Crippen LogP contribution < -0.4 is 5.32 Å². The lowest BCUT2D eigenvalue weighted by molar-refractivity contribution is -0.142. The van der Waals surface area contributed by atoms with Crippen LogP contribution in [-0.4, -0.2) is 23.0 Å². The first-order valence-electron chi connectivity index (χ1n) is 6.78. The fourth-order valence-corrected chi connectivity index (χ4v) is 1.89. The Bertz CT molecular complexity index is 524. The Morgan fingerprint density at radius 3 is 2.14 bits per heavy atom. The van der Waals surface area contributed by atoms with Crippen LogP contribution in [0.2, 0.25) is 0 Å². The van der Waals surface area contributed by atoms with Gasteiger partial charge in [-0.3, -0.25) is 4.79 Å². The number of carbonyl (C=O) groups excluding carboxylic acids is 1. The number of halogens is 3. The largest absolute Gasteiger partial charge is 0.480 e. The molecule has 0 saturated heterocycles. The average Bonchev–Trinajstić information content (AvgIpc) is 2.36. The zero-order valence-corrected chi connectivity index (χ0v) is 12.3. The number of aliphatic carboxylic acids is 1. The molecule has 4 nitrogen and oxygen atoms in total. The summed E-state index contributed by atoms with van der Waals surface area (Å²) in [4.78, 5) is 22.8. The monoisotopic (exact) mass is 317 g/mol. The van der Waals surface area contributed by atoms with Crippen LogP contribution in [0.1, 0.15) is 31.4 Å². The molecule has 0 bridgehead atoms. The van der Waals surface area contributed by atoms with Crippen LogP contribution in [-0.2, 0) is 22.2 Å². The number of amides is 1. The number of carbonyl (C=O) groups is 2. The number of rotatable bonds is 6. The number of benzene rings is 1. The SMILES string of the molecule is CC(C)CC(=O)N[C@H](Cc1ccc(C(F)(F)F)cc1)C(=O)O. The highest BCUT2D eigenvalue weighted by atomic mass is 19.4. The van der Waals surface area contributed by atoms with Gasteiger partial charge in [-0.2, -0.15) is 13.2 Å². The van der Waals surface area contributed by atoms with Crippen molar-refractivity contribution in [1.29, 1.82) is 0 Å². The average molecular weight is 317 g/mol. The van der Waals surface area contributed by atoms with E-state index in [0.29, 0.717) is 5.56 Å². The summed E-state index contributed by atoms with van der Waals surface area (Å²) >= 11 is 0. The van der Waals surface area contributed by atoms with E-state index in [1.807, 2.05) is 13.8 Å². The molecule has 122 valence electrons. The van der Waals surface area contributed by atoms with Crippen molar-refractivity contribution in [2.75, 3.05) is 0 Å². The Hall–Kier alpha value is -2.05. The summed E-state index contributed by atoms with van der Waals surface area (Å²) in [5.74, 6) is -1.54. The summed E-state index contributed by atoms with van der Waals surface area (Å²) in [5, 5.41) is 11.5. The van der Waals surface area contributed by atoms with Gasteiger partial charge >= 0.3 is 12.1 Å². The van der Waals surface area contributed by atoms with Crippen molar-refractivity contribution in [3.05, 3.63) is 35.4 Å². The van der Waals surface area contributed by atoms with E-state index in [2.05, 4.69) is 5.32 Å². The summed E-state index contributed by atoms with van der Waals surface area (Å²) in [6.07, 6.45) is -4.32. The minimum absolute atomic E-state index is 0.0721. The molecular formula is C15H18F3NO3. The van der Waals surface area contributed by atoms with Gasteiger partial charge in [-0.15, -0.1) is 0 Å². The third kappa shape index (κ3) is 5.75. The molecule has 0 aromatic heterocycles. The minimum atomic E-state index is -4.43. The molecule has 1 atom stereocenters. The zero-order valence-electron chi connectivity index (χ0n) is 12.3. The van der Waals surface area contributed by atoms with E-state index in [9.17, 15) is 22.8 Å². The molecule has 0 fully saturated rings. The summed E-state index contributed by atoms with van der Waals surface area (Å²) in [7, 11) is 0. The van der Waals surface area contributed by atoms with Gasteiger partial charge < -0.3 is 10.4 Å². The fraction of sp³-hybridized carbons (Fsp3) is 0.467. The first kappa shape index (κ1) is 18.0. The van der Waals surface area contributed by atoms with E-state index >= 15 is 0 Å². The van der Waals surface area contributed by atoms with Gasteiger partial charge in [0.1, 0.15) is 6.04 Å². The van der Waals surface area contributed by atoms with Crippen LogP contribution in [0.4, 0.5) is 13.2 Å². The first-order valence-corrected chi connectivity index (χ1v) is 6.78. The standard InChI is InChI=1S/C15H18F3NO3/c1-9(2)7-13(20)19-12(14(21)22)8-10-3-5-11(6-4-10)15(16,17)18/h3-6,9,12H,7-8H2,1-2H3,(H,19,20)(H,21,22)/t12-/m1/s1. The first-order chi connectivity index (χ1) is 10.1. The molecule has 0 aliphatic heterocycles. The maximum Gasteiger partial charge on any atom is 0.416 e. The molecule has 1 amide bonds. The molecule has 22 heavy (non-hydrogen) atoms. The lowest BCUT2D eigenvalue weighted by atomic mass is 10.0. The molecule has 0 saturated carbocycles. The molecule has 7 heteroatoms. The Labute approximate surface area is 126 Å². The van der Waals surface area contributed by atoms with E-state index in [-0.39, 0.29) is 18.8 Å². The van der Waals surface area contributed by atoms with E-state index in [0.717, 1.165) is 12.1 Å². The molecule has 1 rings (SSSR count). The predicted molar refractivity (Wildman–Crippen MR) is 74.2 cm³/mol. The Morgan fingerprint density at radius 1 is 1.18 bits per heavy atom. The predicted octanol–water partition coefficient (Wildman–Crippen LogP) is 2.86. The van der Waals surface area contributed by atoms with E-state index in [4.69, 9.17) is 5.11 Å². The van der Waals surface area contributed by atoms with Crippen LogP contribution in [0.25, 0.3) is 0 Å². The number of nitrogens with one attached hydrogen (secondary N) is 1. The van der Waals surface area contributed by atoms with Crippen molar-refractivity contribution >= 4 is 11.9 Å². The maximum absolute atomic E-state index is 12.5. The maximum atomic E-state index is 12.5. The molecule has 0 heterocycles. The second-order valence-corrected chi connectivity index (χ2v) is 5.46. The third-order valence-electron chi connectivity index (χ3n) is 2.95. The van der Waals surface area contributed by atoms with Crippen molar-refractivity contribution in [3.8, 4) is 0 Å². The highest BCUT2D eigenvalue weighted by molar-refractivity contribution is 5.83. The van der Waals surface area contributed by atoms with Gasteiger partial charge in [-0.1, -0.05) is 26.0 Å². The molecule has 0 unspecified atom stereocenters. The normalized spacial score (nSPS) is 13.0. The molecular weight excluding hydrogens is 299 g/mol. The van der Waals surface area contributed by atoms with Crippen molar-refractivity contribution in [2.24, 2.45) is 5.92 Å². The number of hydrogen-bond donors (Lipinski definition) is 2. The molecule has 0 spiro atoms. The zero-order chi connectivity index (χ0) is 16.9. The van der Waals surface area contributed by atoms with Crippen LogP contribution >= 0.6 is 0 Å². The molecule has 0 aliphatic rings. The number of hydrogen-bond acceptors (Lipinski definition) is 2. The fourth-order valence-electron chi connectivity index (χ4n) is 1.89. The highest BCUT2D eigenvalue weighted by Gasteiger charge is 2.30. The van der Waals surface area contributed by atoms with Crippen molar-refractivity contribution in [1.82, 2.24) is 5.32 Å². The van der Waals surface area contributed by atoms with E-state index < -0.39 is 29.7 Å². The summed E-state index contributed by atoms with van der Waals surface area (Å²) in [6, 6.07) is 3.05. The second kappa shape index (κ2) is 7.29. The molecule has 1 aromatic carbocycles. The highest BCUT2D eigenvalue weighted by Crippen LogP contribution is 2.29. The second-order valence-electron chi connectivity index (χ2n) is 5.46. The summed E-state index contributed by atoms with van der Waals surface area (Å²) in [6.45, 7) is 3.65. The molecule has 0 radical (unpaired) electrons. The van der Waals surface area contributed by atoms with Gasteiger partial charge in [0.15, 0.2) is 0 Å². The van der Waals surface area contributed by atoms with Crippen molar-refractivity contribution in [3.63, 3.8) is 0 Å². The van der Waals surface area contributed by atoms with Crippen LogP contribution in [0, 0.1) is 5.92 Å². The van der Waals surface area contributed by atoms with Crippen LogP contribution in [0.5, 0.6) is 0 Å². The summed E-state index contributed by atoms with van der Waals surface area (Å²) in [5.41, 5.74) is -0.391. The van der Waals surface area contributed by atoms with Crippen LogP contribution in [0.3, 0.4) is 0 Å². The van der Waals surface area contributed by atoms with Gasteiger partial charge in [0.05, 0.1) is 5.56 Å². The Morgan fingerprint density at radius 2 is 1.73 bits per heavy atom. The number of carboxylic acid groups (broad SMARTS) is 1. The lowest BCUT2D eigenvalue weighted by Crippen LogP contribution is -2.42. The number of alkyl halides is 3. The van der Waals surface area contributed by atoms with Crippen molar-refractivity contribution in [2.45, 2.75) is 38.9 Å². The Kier molecular flexibility index (Phi) is 5.96. The summed E-state index contributed by atoms with van der Waals surface area (Å²) < 4.78 is 37.4. The van der Waals surface area contributed by atoms with E-state index in [1.165, 1.54) is 12.1 Å². The molecule has 1 aromatic rings. The molecule has 2 N–H and O–H groups in total. The quantitative estimate of drug-likeness (QED) is 0.848. The van der Waals surface area contributed by atoms with Gasteiger partial charge in [0.25, 0.3) is 0 Å². The smallest absolute Gasteiger partial charge is 0.416 e. The van der Waals surface area contributed by atoms with Crippen molar-refractivity contribution < 1.29 is 27.9 Å². The van der Waals surface area contributed by atoms with Gasteiger partial charge in [0, 0.05) is 12.8 Å². The minimum Gasteiger partial charge on any atom is -0.480 e. The third-order valence-corrected chi connectivity index (χ3v) is 2.95. The Balaban J connectivity index is 2.75. The van der Waals surface area contributed by atoms with Gasteiger partial charge in [-0.05, 0) is 23.6 Å². The van der Waals surface area contributed by atoms with Crippen LogP contribution in [0.15, 0.2) is 24.3 Å². The van der Waals surface area contributed by atoms with Gasteiger partial charge in [-0.25, -0.2) is 4.79 Å². The molecule has 0 aliphatic carbocycles. The number of carboxylic acids is 1. The topological polar surface area (TPSA) is 66.4 Å².